The Kier molecular flexibility index (Phi) is 7.91. The SMILES string of the molecule is COc1cc(C(=O)N2C[C@H](N)C[C@@H](F)C2)cc2oc(-c3cc4cccc(OCC5CNC(=O)C5)c4n3CC3CC3)c(CCO)c12. The molecule has 4 aromatic rings. The van der Waals surface area contributed by atoms with Crippen molar-refractivity contribution < 1.29 is 33.0 Å². The minimum atomic E-state index is -1.17. The van der Waals surface area contributed by atoms with Crippen molar-refractivity contribution in [2.24, 2.45) is 17.6 Å². The molecule has 1 saturated carbocycles. The van der Waals surface area contributed by atoms with Crippen LogP contribution in [0.1, 0.15) is 41.6 Å². The van der Waals surface area contributed by atoms with E-state index in [2.05, 4.69) is 16.0 Å². The maximum absolute atomic E-state index is 14.3. The highest BCUT2D eigenvalue weighted by atomic mass is 19.1. The monoisotopic (exact) mass is 618 g/mol. The Labute approximate surface area is 260 Å². The van der Waals surface area contributed by atoms with Crippen molar-refractivity contribution in [2.45, 2.75) is 50.9 Å². The van der Waals surface area contributed by atoms with E-state index in [1.807, 2.05) is 18.2 Å². The van der Waals surface area contributed by atoms with Gasteiger partial charge in [0, 0.05) is 67.6 Å². The topological polar surface area (TPSA) is 132 Å². The van der Waals surface area contributed by atoms with Crippen molar-refractivity contribution in [1.82, 2.24) is 14.8 Å². The van der Waals surface area contributed by atoms with Gasteiger partial charge in [-0.05, 0) is 49.4 Å². The lowest BCUT2D eigenvalue weighted by Crippen LogP contribution is -2.50. The molecule has 3 atom stereocenters. The van der Waals surface area contributed by atoms with Crippen LogP contribution < -0.4 is 20.5 Å². The van der Waals surface area contributed by atoms with Crippen LogP contribution in [0.25, 0.3) is 33.3 Å². The van der Waals surface area contributed by atoms with Gasteiger partial charge < -0.3 is 39.5 Å². The number of alkyl halides is 1. The number of ether oxygens (including phenoxy) is 2. The quantitative estimate of drug-likeness (QED) is 0.245. The fraction of sp³-hybridized carbons (Fsp3) is 0.471. The van der Waals surface area contributed by atoms with Gasteiger partial charge in [0.15, 0.2) is 5.76 Å². The van der Waals surface area contributed by atoms with E-state index in [0.29, 0.717) is 60.0 Å². The highest BCUT2D eigenvalue weighted by Crippen LogP contribution is 2.44. The van der Waals surface area contributed by atoms with Gasteiger partial charge in [0.2, 0.25) is 5.91 Å². The lowest BCUT2D eigenvalue weighted by Gasteiger charge is -2.33. The number of rotatable bonds is 10. The number of nitrogens with one attached hydrogen (secondary N) is 1. The maximum Gasteiger partial charge on any atom is 0.254 e. The number of carbonyl (C=O) groups excluding carboxylic acids is 2. The first-order valence-electron chi connectivity index (χ1n) is 15.8. The molecule has 4 heterocycles. The van der Waals surface area contributed by atoms with E-state index >= 15 is 0 Å². The molecule has 0 spiro atoms. The smallest absolute Gasteiger partial charge is 0.254 e. The molecule has 0 radical (unpaired) electrons. The number of nitrogens with zero attached hydrogens (tertiary/aromatic N) is 2. The number of furan rings is 1. The second-order valence-electron chi connectivity index (χ2n) is 12.7. The van der Waals surface area contributed by atoms with Gasteiger partial charge in [0.1, 0.15) is 23.3 Å². The summed E-state index contributed by atoms with van der Waals surface area (Å²) in [7, 11) is 1.54. The van der Waals surface area contributed by atoms with Crippen LogP contribution in [0.5, 0.6) is 11.5 Å². The van der Waals surface area contributed by atoms with E-state index in [-0.39, 0.29) is 43.8 Å². The molecule has 3 aliphatic rings. The van der Waals surface area contributed by atoms with Crippen molar-refractivity contribution >= 4 is 33.7 Å². The van der Waals surface area contributed by atoms with Gasteiger partial charge in [-0.25, -0.2) is 4.39 Å². The highest BCUT2D eigenvalue weighted by molar-refractivity contribution is 6.02. The average Bonchev–Trinajstić information content (AvgIpc) is 3.46. The largest absolute Gasteiger partial charge is 0.496 e. The van der Waals surface area contributed by atoms with E-state index in [1.165, 1.54) is 12.0 Å². The minimum absolute atomic E-state index is 0.00864. The van der Waals surface area contributed by atoms with E-state index in [4.69, 9.17) is 19.6 Å². The number of amides is 2. The Morgan fingerprint density at radius 1 is 1.18 bits per heavy atom. The van der Waals surface area contributed by atoms with Crippen LogP contribution in [0.15, 0.2) is 40.8 Å². The Balaban J connectivity index is 1.33. The fourth-order valence-electron chi connectivity index (χ4n) is 6.85. The van der Waals surface area contributed by atoms with E-state index in [0.717, 1.165) is 47.3 Å². The van der Waals surface area contributed by atoms with Crippen LogP contribution in [0.4, 0.5) is 4.39 Å². The number of aliphatic hydroxyl groups excluding tert-OH is 1. The molecule has 2 amide bonds. The fourth-order valence-corrected chi connectivity index (χ4v) is 6.85. The zero-order valence-corrected chi connectivity index (χ0v) is 25.4. The zero-order chi connectivity index (χ0) is 31.2. The minimum Gasteiger partial charge on any atom is -0.496 e. The summed E-state index contributed by atoms with van der Waals surface area (Å²) in [5.74, 6) is 2.15. The van der Waals surface area contributed by atoms with Crippen molar-refractivity contribution in [3.8, 4) is 23.0 Å². The lowest BCUT2D eigenvalue weighted by molar-refractivity contribution is -0.119. The molecule has 0 bridgehead atoms. The van der Waals surface area contributed by atoms with Gasteiger partial charge in [-0.3, -0.25) is 9.59 Å². The standard InChI is InChI=1S/C34H39FN4O6/c1-43-28-11-22(34(42)38-16-23(35)13-24(36)17-38)12-29-31(28)25(7-8-40)33(45-29)26-10-21-3-2-4-27(32(21)39(26)15-19-5-6-19)44-18-20-9-30(41)37-14-20/h2-4,10-12,19-20,23-24,40H,5-9,13-18,36H2,1H3,(H,37,41)/t20?,23-,24-/m1/s1. The van der Waals surface area contributed by atoms with Gasteiger partial charge in [-0.2, -0.15) is 0 Å². The Bertz CT molecular complexity index is 1750. The number of carbonyl (C=O) groups is 2. The van der Waals surface area contributed by atoms with E-state index in [1.54, 1.807) is 12.1 Å². The third-order valence-corrected chi connectivity index (χ3v) is 9.19. The number of halogens is 1. The maximum atomic E-state index is 14.3. The molecule has 10 nitrogen and oxygen atoms in total. The van der Waals surface area contributed by atoms with Gasteiger partial charge in [0.25, 0.3) is 5.91 Å². The first-order chi connectivity index (χ1) is 21.8. The van der Waals surface area contributed by atoms with E-state index < -0.39 is 12.2 Å². The summed E-state index contributed by atoms with van der Waals surface area (Å²) in [6.07, 6.45) is 2.11. The summed E-state index contributed by atoms with van der Waals surface area (Å²) in [6.45, 7) is 1.97. The zero-order valence-electron chi connectivity index (χ0n) is 25.4. The summed E-state index contributed by atoms with van der Waals surface area (Å²) in [5.41, 5.74) is 9.39. The Morgan fingerprint density at radius 2 is 2.02 bits per heavy atom. The lowest BCUT2D eigenvalue weighted by atomic mass is 10.0. The number of aromatic nitrogens is 1. The van der Waals surface area contributed by atoms with Gasteiger partial charge >= 0.3 is 0 Å². The average molecular weight is 619 g/mol. The summed E-state index contributed by atoms with van der Waals surface area (Å²) in [5, 5.41) is 14.7. The Hall–Kier alpha value is -4.09. The predicted octanol–water partition coefficient (Wildman–Crippen LogP) is 4.03. The summed E-state index contributed by atoms with van der Waals surface area (Å²) < 4.78 is 35.3. The highest BCUT2D eigenvalue weighted by Gasteiger charge is 2.32. The van der Waals surface area contributed by atoms with Crippen LogP contribution in [-0.4, -0.2) is 78.6 Å². The molecule has 7 rings (SSSR count). The number of para-hydroxylation sites is 1. The van der Waals surface area contributed by atoms with Gasteiger partial charge in [0.05, 0.1) is 36.9 Å². The van der Waals surface area contributed by atoms with Crippen LogP contribution in [0.2, 0.25) is 0 Å². The molecule has 2 aromatic carbocycles. The van der Waals surface area contributed by atoms with Crippen molar-refractivity contribution in [1.29, 1.82) is 0 Å². The molecule has 1 aliphatic carbocycles. The normalized spacial score (nSPS) is 21.9. The predicted molar refractivity (Wildman–Crippen MR) is 167 cm³/mol. The number of nitrogens with two attached hydrogens (primary N) is 1. The van der Waals surface area contributed by atoms with E-state index in [9.17, 15) is 19.1 Å². The number of hydrogen-bond donors (Lipinski definition) is 3. The number of aliphatic hydroxyl groups is 1. The van der Waals surface area contributed by atoms with Crippen LogP contribution >= 0.6 is 0 Å². The van der Waals surface area contributed by atoms with Crippen molar-refractivity contribution in [3.05, 3.63) is 47.5 Å². The molecule has 45 heavy (non-hydrogen) atoms. The third-order valence-electron chi connectivity index (χ3n) is 9.19. The van der Waals surface area contributed by atoms with Crippen molar-refractivity contribution in [3.63, 3.8) is 0 Å². The second-order valence-corrected chi connectivity index (χ2v) is 12.7. The number of benzene rings is 2. The molecule has 2 saturated heterocycles. The number of piperidine rings is 1. The second kappa shape index (κ2) is 12.0. The first kappa shape index (κ1) is 29.6. The molecule has 2 aromatic heterocycles. The van der Waals surface area contributed by atoms with Crippen LogP contribution in [0, 0.1) is 11.8 Å². The molecule has 238 valence electrons. The molecule has 3 fully saturated rings. The first-order valence-corrected chi connectivity index (χ1v) is 15.8. The van der Waals surface area contributed by atoms with Crippen LogP contribution in [0.3, 0.4) is 0 Å². The summed E-state index contributed by atoms with van der Waals surface area (Å²) in [6, 6.07) is 11.0. The molecule has 11 heteroatoms. The van der Waals surface area contributed by atoms with Gasteiger partial charge in [-0.15, -0.1) is 0 Å². The Morgan fingerprint density at radius 3 is 2.73 bits per heavy atom. The van der Waals surface area contributed by atoms with Crippen molar-refractivity contribution in [2.75, 3.05) is 40.0 Å². The number of fused-ring (bicyclic) bond motifs is 2. The van der Waals surface area contributed by atoms with Gasteiger partial charge in [-0.1, -0.05) is 12.1 Å². The third kappa shape index (κ3) is 5.75. The number of likely N-dealkylation sites (tertiary alicyclic amines) is 1. The van der Waals surface area contributed by atoms with Crippen LogP contribution in [-0.2, 0) is 17.8 Å². The number of methoxy groups -OCH3 is 1. The molecule has 2 aliphatic heterocycles. The number of hydrogen-bond acceptors (Lipinski definition) is 7. The summed E-state index contributed by atoms with van der Waals surface area (Å²) in [4.78, 5) is 26.7. The summed E-state index contributed by atoms with van der Waals surface area (Å²) >= 11 is 0. The molecular formula is C34H39FN4O6. The molecule has 4 N–H and O–H groups in total. The molecule has 1 unspecified atom stereocenters. The molecular weight excluding hydrogens is 579 g/mol.